The molecule has 1 radical (unpaired) electrons. The van der Waals surface area contributed by atoms with E-state index in [-0.39, 0.29) is 52.3 Å². The number of benzene rings is 1. The molecule has 99 valence electrons. The van der Waals surface area contributed by atoms with Gasteiger partial charge in [0.1, 0.15) is 5.69 Å². The summed E-state index contributed by atoms with van der Waals surface area (Å²) < 4.78 is 0. The maximum atomic E-state index is 10.6. The summed E-state index contributed by atoms with van der Waals surface area (Å²) in [5.41, 5.74) is 0.793. The van der Waals surface area contributed by atoms with Crippen LogP contribution in [0.15, 0.2) is 36.4 Å². The molecule has 1 aromatic carbocycles. The van der Waals surface area contributed by atoms with Gasteiger partial charge in [-0.25, -0.2) is 9.78 Å². The first-order valence-corrected chi connectivity index (χ1v) is 5.51. The van der Waals surface area contributed by atoms with Gasteiger partial charge in [0.25, 0.3) is 0 Å². The van der Waals surface area contributed by atoms with Gasteiger partial charge in [-0.2, -0.15) is 0 Å². The number of fused-ring (bicyclic) bond motifs is 1. The van der Waals surface area contributed by atoms with E-state index in [1.165, 1.54) is 6.07 Å². The van der Waals surface area contributed by atoms with Crippen LogP contribution in [0.1, 0.15) is 10.5 Å². The molecule has 0 bridgehead atoms. The zero-order valence-corrected chi connectivity index (χ0v) is 13.6. The van der Waals surface area contributed by atoms with E-state index in [9.17, 15) is 4.79 Å². The van der Waals surface area contributed by atoms with E-state index in [0.717, 1.165) is 5.39 Å². The van der Waals surface area contributed by atoms with Crippen molar-refractivity contribution in [3.8, 4) is 0 Å². The first-order valence-electron chi connectivity index (χ1n) is 4.41. The fourth-order valence-corrected chi connectivity index (χ4v) is 1.19. The molecule has 19 heavy (non-hydrogen) atoms. The molecule has 1 aromatic heterocycles. The van der Waals surface area contributed by atoms with Crippen molar-refractivity contribution in [2.45, 2.75) is 0 Å². The second-order valence-electron chi connectivity index (χ2n) is 2.92. The van der Waals surface area contributed by atoms with Crippen LogP contribution in [-0.2, 0) is 17.1 Å². The normalized spacial score (nSPS) is 8.84. The molecule has 1 heterocycles. The van der Waals surface area contributed by atoms with Crippen LogP contribution in [0.5, 0.6) is 0 Å². The Hall–Kier alpha value is -0.0705. The van der Waals surface area contributed by atoms with E-state index in [1.54, 1.807) is 12.1 Å². The van der Waals surface area contributed by atoms with Gasteiger partial charge in [-0.05, 0) is 12.1 Å². The number of pyridine rings is 1. The summed E-state index contributed by atoms with van der Waals surface area (Å²) in [6.45, 7) is 0. The third kappa shape index (κ3) is 7.95. The van der Waals surface area contributed by atoms with Crippen LogP contribution in [0.2, 0.25) is 0 Å². The minimum Gasteiger partial charge on any atom is -0.854 e. The molecule has 0 aliphatic carbocycles. The number of carboxylic acid groups (broad SMARTS) is 1. The number of nitrogens with zero attached hydrogens (tertiary/aromatic N) is 1. The molecule has 0 amide bonds. The molecule has 0 saturated carbocycles. The Morgan fingerprint density at radius 2 is 1.63 bits per heavy atom. The van der Waals surface area contributed by atoms with Crippen molar-refractivity contribution in [1.29, 1.82) is 0 Å². The van der Waals surface area contributed by atoms with Crippen LogP contribution in [0.3, 0.4) is 0 Å². The van der Waals surface area contributed by atoms with Crippen molar-refractivity contribution in [3.63, 3.8) is 0 Å². The largest absolute Gasteiger partial charge is 2.00 e. The van der Waals surface area contributed by atoms with Gasteiger partial charge in [-0.3, -0.25) is 0 Å². The zero-order valence-electron chi connectivity index (χ0n) is 9.74. The van der Waals surface area contributed by atoms with E-state index in [2.05, 4.69) is 4.98 Å². The minimum absolute atomic E-state index is 0. The van der Waals surface area contributed by atoms with Gasteiger partial charge in [-0.1, -0.05) is 24.3 Å². The predicted octanol–water partition coefficient (Wildman–Crippen LogP) is -3.77. The standard InChI is InChI=1S/C10H7NO2.Cu.Na.O3P/c12-10(13)9-6-5-7-3-1-2-4-8(7)11-9;;;1-4(2)3/h1-6H,(H,12,13);;;/q;+2;+1;-3. The van der Waals surface area contributed by atoms with Crippen molar-refractivity contribution >= 4 is 25.5 Å². The maximum Gasteiger partial charge on any atom is 2.00 e. The van der Waals surface area contributed by atoms with E-state index in [0.29, 0.717) is 5.52 Å². The van der Waals surface area contributed by atoms with Gasteiger partial charge in [0.2, 0.25) is 0 Å². The maximum absolute atomic E-state index is 10.6. The Balaban J connectivity index is 0. The molecule has 0 aliphatic heterocycles. The van der Waals surface area contributed by atoms with Crippen LogP contribution in [0, 0.1) is 0 Å². The number of para-hydroxylation sites is 1. The summed E-state index contributed by atoms with van der Waals surface area (Å²) >= 11 is 0. The molecule has 0 fully saturated rings. The topological polar surface area (TPSA) is 119 Å². The molecule has 0 unspecified atom stereocenters. The Labute approximate surface area is 143 Å². The second kappa shape index (κ2) is 10.7. The number of hydrogen-bond donors (Lipinski definition) is 1. The van der Waals surface area contributed by atoms with Crippen LogP contribution < -0.4 is 44.2 Å². The monoisotopic (exact) mass is 338 g/mol. The first kappa shape index (κ1) is 21.2. The van der Waals surface area contributed by atoms with Crippen LogP contribution in [-0.4, -0.2) is 16.1 Å². The van der Waals surface area contributed by atoms with Gasteiger partial charge in [0, 0.05) is 5.39 Å². The van der Waals surface area contributed by atoms with Gasteiger partial charge in [0.15, 0.2) is 0 Å². The fourth-order valence-electron chi connectivity index (χ4n) is 1.19. The van der Waals surface area contributed by atoms with Crippen molar-refractivity contribution in [2.75, 3.05) is 0 Å². The molecular weight excluding hydrogens is 332 g/mol. The number of aromatic carboxylic acids is 1. The van der Waals surface area contributed by atoms with Gasteiger partial charge in [-0.15, -0.1) is 0 Å². The molecule has 1 N–H and O–H groups in total. The Kier molecular flexibility index (Phi) is 11.9. The van der Waals surface area contributed by atoms with Crippen molar-refractivity contribution in [3.05, 3.63) is 42.1 Å². The fraction of sp³-hybridized carbons (Fsp3) is 0. The van der Waals surface area contributed by atoms with Crippen molar-refractivity contribution in [2.24, 2.45) is 0 Å². The summed E-state index contributed by atoms with van der Waals surface area (Å²) in [6, 6.07) is 10.7. The second-order valence-corrected chi connectivity index (χ2v) is 3.37. The van der Waals surface area contributed by atoms with Crippen LogP contribution in [0.4, 0.5) is 0 Å². The van der Waals surface area contributed by atoms with Gasteiger partial charge in [0.05, 0.1) is 5.52 Å². The average Bonchev–Trinajstić information content (AvgIpc) is 2.27. The Morgan fingerprint density at radius 3 is 2.16 bits per heavy atom. The van der Waals surface area contributed by atoms with Crippen LogP contribution in [0.25, 0.3) is 10.9 Å². The van der Waals surface area contributed by atoms with E-state index in [1.807, 2.05) is 18.2 Å². The molecule has 0 atom stereocenters. The molecule has 6 nitrogen and oxygen atoms in total. The molecule has 0 spiro atoms. The zero-order chi connectivity index (χ0) is 12.8. The van der Waals surface area contributed by atoms with Crippen molar-refractivity contribution in [1.82, 2.24) is 4.98 Å². The third-order valence-electron chi connectivity index (χ3n) is 1.82. The molecule has 0 saturated heterocycles. The molecule has 0 aliphatic rings. The Morgan fingerprint density at radius 1 is 1.11 bits per heavy atom. The summed E-state index contributed by atoms with van der Waals surface area (Å²) in [5, 5.41) is 9.63. The predicted molar refractivity (Wildman–Crippen MR) is 55.6 cm³/mol. The third-order valence-corrected chi connectivity index (χ3v) is 1.82. The van der Waals surface area contributed by atoms with Crippen LogP contribution >= 0.6 is 8.60 Å². The summed E-state index contributed by atoms with van der Waals surface area (Å²) in [6.07, 6.45) is 0. The number of rotatable bonds is 1. The summed E-state index contributed by atoms with van der Waals surface area (Å²) in [5.74, 6) is -0.995. The first-order chi connectivity index (χ1) is 8.00. The number of aromatic nitrogens is 1. The quantitative estimate of drug-likeness (QED) is 0.421. The number of carbonyl (C=O) groups is 1. The van der Waals surface area contributed by atoms with Gasteiger partial charge < -0.3 is 28.4 Å². The van der Waals surface area contributed by atoms with E-state index < -0.39 is 14.6 Å². The smallest absolute Gasteiger partial charge is 0.854 e. The van der Waals surface area contributed by atoms with Gasteiger partial charge >= 0.3 is 52.6 Å². The number of carboxylic acids is 1. The average molecular weight is 339 g/mol. The van der Waals surface area contributed by atoms with Crippen molar-refractivity contribution < 1.29 is 71.2 Å². The SMILES string of the molecule is O=C(O)c1ccc2ccccc2n1.[Cu+2].[Na+].[O-]P([O-])[O-]. The Bertz CT molecular complexity index is 525. The minimum atomic E-state index is -3.37. The van der Waals surface area contributed by atoms with E-state index >= 15 is 0 Å². The number of hydrogen-bond acceptors (Lipinski definition) is 5. The summed E-state index contributed by atoms with van der Waals surface area (Å²) in [4.78, 5) is 40.0. The molecule has 2 rings (SSSR count). The van der Waals surface area contributed by atoms with E-state index in [4.69, 9.17) is 19.8 Å². The summed E-state index contributed by atoms with van der Waals surface area (Å²) in [7, 11) is -3.37. The molecule has 2 aromatic rings. The molecule has 9 heteroatoms. The molecular formula is C10H7CuNNaO5P.